The van der Waals surface area contributed by atoms with Crippen LogP contribution in [0.15, 0.2) is 0 Å². The van der Waals surface area contributed by atoms with Gasteiger partial charge in [-0.25, -0.2) is 0 Å². The van der Waals surface area contributed by atoms with Crippen LogP contribution >= 0.6 is 0 Å². The van der Waals surface area contributed by atoms with Gasteiger partial charge in [-0.1, -0.05) is 27.7 Å². The molecule has 1 atom stereocenters. The van der Waals surface area contributed by atoms with Gasteiger partial charge in [0.1, 0.15) is 0 Å². The first-order valence-electron chi connectivity index (χ1n) is 7.28. The summed E-state index contributed by atoms with van der Waals surface area (Å²) in [5.74, 6) is 0.457. The summed E-state index contributed by atoms with van der Waals surface area (Å²) in [7, 11) is 0. The molecule has 0 saturated heterocycles. The molecule has 1 unspecified atom stereocenters. The second kappa shape index (κ2) is 9.32. The van der Waals surface area contributed by atoms with Gasteiger partial charge in [-0.3, -0.25) is 4.79 Å². The molecule has 0 spiro atoms. The van der Waals surface area contributed by atoms with Crippen molar-refractivity contribution in [1.82, 2.24) is 5.32 Å². The molecule has 114 valence electrons. The van der Waals surface area contributed by atoms with E-state index in [-0.39, 0.29) is 17.6 Å². The first-order chi connectivity index (χ1) is 8.78. The molecule has 0 fully saturated rings. The van der Waals surface area contributed by atoms with Crippen LogP contribution in [0.3, 0.4) is 0 Å². The Hall–Kier alpha value is -0.610. The maximum absolute atomic E-state index is 11.8. The molecule has 0 aliphatic rings. The minimum Gasteiger partial charge on any atom is -0.351 e. The van der Waals surface area contributed by atoms with Gasteiger partial charge < -0.3 is 14.8 Å². The van der Waals surface area contributed by atoms with Crippen LogP contribution in [0, 0.1) is 11.3 Å². The normalized spacial score (nSPS) is 13.6. The number of rotatable bonds is 9. The molecule has 0 aromatic carbocycles. The Labute approximate surface area is 118 Å². The highest BCUT2D eigenvalue weighted by atomic mass is 16.7. The van der Waals surface area contributed by atoms with Crippen molar-refractivity contribution >= 4 is 5.91 Å². The van der Waals surface area contributed by atoms with Crippen LogP contribution in [0.4, 0.5) is 0 Å². The monoisotopic (exact) mass is 273 g/mol. The van der Waals surface area contributed by atoms with Crippen LogP contribution in [-0.2, 0) is 14.3 Å². The summed E-state index contributed by atoms with van der Waals surface area (Å²) in [4.78, 5) is 11.8. The fourth-order valence-corrected chi connectivity index (χ4v) is 2.24. The number of hydrogen-bond acceptors (Lipinski definition) is 3. The predicted molar refractivity (Wildman–Crippen MR) is 77.9 cm³/mol. The second-order valence-electron chi connectivity index (χ2n) is 6.22. The van der Waals surface area contributed by atoms with Gasteiger partial charge in [-0.2, -0.15) is 0 Å². The zero-order valence-electron chi connectivity index (χ0n) is 13.4. The Morgan fingerprint density at radius 1 is 1.16 bits per heavy atom. The lowest BCUT2D eigenvalue weighted by Gasteiger charge is -2.23. The van der Waals surface area contributed by atoms with E-state index < -0.39 is 0 Å². The first kappa shape index (κ1) is 18.4. The van der Waals surface area contributed by atoms with Gasteiger partial charge in [-0.05, 0) is 31.6 Å². The predicted octanol–water partition coefficient (Wildman–Crippen LogP) is 2.96. The van der Waals surface area contributed by atoms with E-state index in [0.29, 0.717) is 32.1 Å². The molecule has 1 amide bonds. The van der Waals surface area contributed by atoms with Crippen molar-refractivity contribution in [2.24, 2.45) is 11.3 Å². The maximum Gasteiger partial charge on any atom is 0.220 e. The summed E-state index contributed by atoms with van der Waals surface area (Å²) >= 11 is 0. The highest BCUT2D eigenvalue weighted by Crippen LogP contribution is 2.25. The highest BCUT2D eigenvalue weighted by Gasteiger charge is 2.18. The number of nitrogens with one attached hydrogen (secondary N) is 1. The molecule has 1 N–H and O–H groups in total. The van der Waals surface area contributed by atoms with E-state index in [0.717, 1.165) is 6.42 Å². The number of carbonyl (C=O) groups excluding carboxylic acids is 1. The fourth-order valence-electron chi connectivity index (χ4n) is 2.24. The molecule has 0 rings (SSSR count). The Morgan fingerprint density at radius 2 is 1.68 bits per heavy atom. The van der Waals surface area contributed by atoms with Crippen molar-refractivity contribution < 1.29 is 14.3 Å². The molecule has 0 aromatic heterocycles. The smallest absolute Gasteiger partial charge is 0.220 e. The first-order valence-corrected chi connectivity index (χ1v) is 7.28. The molecule has 0 bridgehead atoms. The SMILES string of the molecule is CCOC(CNC(=O)CC(C)CC(C)(C)C)OCC. The molecule has 0 aliphatic carbocycles. The zero-order valence-corrected chi connectivity index (χ0v) is 13.4. The fraction of sp³-hybridized carbons (Fsp3) is 0.933. The molecule has 0 aromatic rings. The van der Waals surface area contributed by atoms with Crippen LogP contribution in [0.5, 0.6) is 0 Å². The van der Waals surface area contributed by atoms with E-state index in [1.807, 2.05) is 13.8 Å². The van der Waals surface area contributed by atoms with E-state index in [9.17, 15) is 4.79 Å². The number of carbonyl (C=O) groups is 1. The summed E-state index contributed by atoms with van der Waals surface area (Å²) in [5, 5.41) is 2.88. The third-order valence-corrected chi connectivity index (χ3v) is 2.67. The van der Waals surface area contributed by atoms with Gasteiger partial charge in [0.15, 0.2) is 6.29 Å². The van der Waals surface area contributed by atoms with Gasteiger partial charge in [0, 0.05) is 19.6 Å². The van der Waals surface area contributed by atoms with Gasteiger partial charge in [0.05, 0.1) is 6.54 Å². The summed E-state index contributed by atoms with van der Waals surface area (Å²) in [6.07, 6.45) is 1.26. The highest BCUT2D eigenvalue weighted by molar-refractivity contribution is 5.76. The van der Waals surface area contributed by atoms with E-state index in [4.69, 9.17) is 9.47 Å². The Bertz CT molecular complexity index is 242. The molecule has 19 heavy (non-hydrogen) atoms. The van der Waals surface area contributed by atoms with Crippen LogP contribution in [0.2, 0.25) is 0 Å². The molecular formula is C15H31NO3. The standard InChI is InChI=1S/C15H31NO3/c1-7-18-14(19-8-2)11-16-13(17)9-12(3)10-15(4,5)6/h12,14H,7-11H2,1-6H3,(H,16,17). The quantitative estimate of drug-likeness (QED) is 0.657. The Morgan fingerprint density at radius 3 is 2.11 bits per heavy atom. The van der Waals surface area contributed by atoms with E-state index in [1.54, 1.807) is 0 Å². The van der Waals surface area contributed by atoms with Crippen LogP contribution in [0.1, 0.15) is 54.4 Å². The lowest BCUT2D eigenvalue weighted by atomic mass is 9.84. The Kier molecular flexibility index (Phi) is 9.02. The second-order valence-corrected chi connectivity index (χ2v) is 6.22. The maximum atomic E-state index is 11.8. The summed E-state index contributed by atoms with van der Waals surface area (Å²) in [6.45, 7) is 14.1. The average molecular weight is 273 g/mol. The van der Waals surface area contributed by atoms with E-state index >= 15 is 0 Å². The third kappa shape index (κ3) is 11.0. The van der Waals surface area contributed by atoms with Gasteiger partial charge >= 0.3 is 0 Å². The third-order valence-electron chi connectivity index (χ3n) is 2.67. The number of hydrogen-bond donors (Lipinski definition) is 1. The van der Waals surface area contributed by atoms with Crippen molar-refractivity contribution in [3.05, 3.63) is 0 Å². The van der Waals surface area contributed by atoms with Crippen LogP contribution in [0.25, 0.3) is 0 Å². The molecular weight excluding hydrogens is 242 g/mol. The average Bonchev–Trinajstić information content (AvgIpc) is 2.23. The van der Waals surface area contributed by atoms with Crippen LogP contribution < -0.4 is 5.32 Å². The lowest BCUT2D eigenvalue weighted by molar-refractivity contribution is -0.140. The number of ether oxygens (including phenoxy) is 2. The van der Waals surface area contributed by atoms with Crippen LogP contribution in [-0.4, -0.2) is 32.0 Å². The van der Waals surface area contributed by atoms with Crippen molar-refractivity contribution in [3.63, 3.8) is 0 Å². The van der Waals surface area contributed by atoms with Gasteiger partial charge in [0.2, 0.25) is 5.91 Å². The van der Waals surface area contributed by atoms with E-state index in [2.05, 4.69) is 33.0 Å². The zero-order chi connectivity index (χ0) is 14.9. The van der Waals surface area contributed by atoms with Gasteiger partial charge in [-0.15, -0.1) is 0 Å². The molecule has 0 saturated carbocycles. The minimum absolute atomic E-state index is 0.0705. The van der Waals surface area contributed by atoms with Crippen molar-refractivity contribution in [1.29, 1.82) is 0 Å². The van der Waals surface area contributed by atoms with Crippen molar-refractivity contribution in [2.75, 3.05) is 19.8 Å². The minimum atomic E-state index is -0.336. The van der Waals surface area contributed by atoms with E-state index in [1.165, 1.54) is 0 Å². The van der Waals surface area contributed by atoms with Gasteiger partial charge in [0.25, 0.3) is 0 Å². The molecule has 4 heteroatoms. The molecule has 0 heterocycles. The number of amides is 1. The molecule has 0 aliphatic heterocycles. The largest absolute Gasteiger partial charge is 0.351 e. The van der Waals surface area contributed by atoms with Crippen molar-refractivity contribution in [3.8, 4) is 0 Å². The lowest BCUT2D eigenvalue weighted by Crippen LogP contribution is -2.36. The summed E-state index contributed by atoms with van der Waals surface area (Å²) in [5.41, 5.74) is 0.263. The topological polar surface area (TPSA) is 47.6 Å². The van der Waals surface area contributed by atoms with Crippen molar-refractivity contribution in [2.45, 2.75) is 60.7 Å². The Balaban J connectivity index is 3.96. The molecule has 4 nitrogen and oxygen atoms in total. The summed E-state index contributed by atoms with van der Waals surface area (Å²) < 4.78 is 10.8. The molecule has 0 radical (unpaired) electrons. The summed E-state index contributed by atoms with van der Waals surface area (Å²) in [6, 6.07) is 0.